The molecule has 1 aromatic carbocycles. The average molecular weight is 332 g/mol. The van der Waals surface area contributed by atoms with Gasteiger partial charge in [-0.15, -0.1) is 0 Å². The predicted molar refractivity (Wildman–Crippen MR) is 87.4 cm³/mol. The number of nitrogens with zero attached hydrogens (tertiary/aromatic N) is 2. The van der Waals surface area contributed by atoms with E-state index >= 15 is 0 Å². The molecule has 20 heavy (non-hydrogen) atoms. The van der Waals surface area contributed by atoms with E-state index in [-0.39, 0.29) is 0 Å². The molecule has 0 atom stereocenters. The monoisotopic (exact) mass is 331 g/mol. The number of benzene rings is 1. The fraction of sp³-hybridized carbons (Fsp3) is 0.385. The van der Waals surface area contributed by atoms with Crippen LogP contribution in [0.3, 0.4) is 0 Å². The van der Waals surface area contributed by atoms with Gasteiger partial charge in [0.1, 0.15) is 0 Å². The lowest BCUT2D eigenvalue weighted by molar-refractivity contribution is 0.197. The molecule has 2 rings (SSSR count). The number of methoxy groups -OCH3 is 1. The van der Waals surface area contributed by atoms with Gasteiger partial charge < -0.3 is 4.74 Å². The first-order valence-electron chi connectivity index (χ1n) is 6.15. The SMILES string of the molecule is COCCCN=C1NN=C(c2ccc(Cl)cc2Cl)CS1. The molecule has 0 amide bonds. The van der Waals surface area contributed by atoms with Gasteiger partial charge in [0.2, 0.25) is 0 Å². The number of hydrogen-bond donors (Lipinski definition) is 1. The molecule has 0 unspecified atom stereocenters. The number of hydrazone groups is 1. The Kier molecular flexibility index (Phi) is 6.16. The molecule has 0 fully saturated rings. The van der Waals surface area contributed by atoms with Gasteiger partial charge in [-0.3, -0.25) is 10.4 Å². The van der Waals surface area contributed by atoms with E-state index in [2.05, 4.69) is 15.5 Å². The highest BCUT2D eigenvalue weighted by Gasteiger charge is 2.15. The number of amidine groups is 1. The van der Waals surface area contributed by atoms with Gasteiger partial charge in [-0.1, -0.05) is 41.0 Å². The molecule has 1 N–H and O–H groups in total. The van der Waals surface area contributed by atoms with Crippen molar-refractivity contribution >= 4 is 45.8 Å². The van der Waals surface area contributed by atoms with Crippen molar-refractivity contribution in [3.63, 3.8) is 0 Å². The van der Waals surface area contributed by atoms with Crippen LogP contribution < -0.4 is 5.43 Å². The fourth-order valence-corrected chi connectivity index (χ4v) is 2.95. The van der Waals surface area contributed by atoms with E-state index < -0.39 is 0 Å². The van der Waals surface area contributed by atoms with Crippen LogP contribution in [-0.2, 0) is 4.74 Å². The zero-order valence-corrected chi connectivity index (χ0v) is 13.4. The molecule has 0 saturated heterocycles. The van der Waals surface area contributed by atoms with Crippen LogP contribution in [0, 0.1) is 0 Å². The summed E-state index contributed by atoms with van der Waals surface area (Å²) in [6, 6.07) is 5.41. The third kappa shape index (κ3) is 4.38. The van der Waals surface area contributed by atoms with Crippen LogP contribution in [0.25, 0.3) is 0 Å². The predicted octanol–water partition coefficient (Wildman–Crippen LogP) is 3.43. The Balaban J connectivity index is 1.98. The van der Waals surface area contributed by atoms with E-state index in [4.69, 9.17) is 27.9 Å². The molecule has 1 aliphatic heterocycles. The number of hydrogen-bond acceptors (Lipinski definition) is 4. The summed E-state index contributed by atoms with van der Waals surface area (Å²) in [5.74, 6) is 0.734. The third-order valence-corrected chi connectivity index (χ3v) is 4.10. The normalized spacial score (nSPS) is 16.9. The summed E-state index contributed by atoms with van der Waals surface area (Å²) < 4.78 is 4.98. The highest BCUT2D eigenvalue weighted by molar-refractivity contribution is 8.14. The summed E-state index contributed by atoms with van der Waals surface area (Å²) in [5, 5.41) is 6.39. The highest BCUT2D eigenvalue weighted by atomic mass is 35.5. The first-order chi connectivity index (χ1) is 9.70. The molecule has 0 aromatic heterocycles. The molecule has 108 valence electrons. The summed E-state index contributed by atoms with van der Waals surface area (Å²) in [6.45, 7) is 1.45. The van der Waals surface area contributed by atoms with Crippen molar-refractivity contribution < 1.29 is 4.74 Å². The maximum Gasteiger partial charge on any atom is 0.177 e. The summed E-state index contributed by atoms with van der Waals surface area (Å²) in [7, 11) is 1.69. The summed E-state index contributed by atoms with van der Waals surface area (Å²) in [4.78, 5) is 4.41. The topological polar surface area (TPSA) is 46.0 Å². The van der Waals surface area contributed by atoms with Crippen molar-refractivity contribution in [2.75, 3.05) is 26.0 Å². The fourth-order valence-electron chi connectivity index (χ4n) is 1.65. The van der Waals surface area contributed by atoms with Crippen molar-refractivity contribution in [2.24, 2.45) is 10.1 Å². The maximum absolute atomic E-state index is 6.17. The van der Waals surface area contributed by atoms with Gasteiger partial charge in [-0.05, 0) is 18.6 Å². The smallest absolute Gasteiger partial charge is 0.177 e. The minimum atomic E-state index is 0.610. The lowest BCUT2D eigenvalue weighted by Crippen LogP contribution is -2.25. The lowest BCUT2D eigenvalue weighted by Gasteiger charge is -2.15. The second-order valence-corrected chi connectivity index (χ2v) is 5.92. The van der Waals surface area contributed by atoms with Crippen LogP contribution in [0.2, 0.25) is 10.0 Å². The third-order valence-electron chi connectivity index (χ3n) is 2.64. The van der Waals surface area contributed by atoms with Gasteiger partial charge in [-0.25, -0.2) is 0 Å². The number of thioether (sulfide) groups is 1. The first-order valence-corrected chi connectivity index (χ1v) is 7.89. The largest absolute Gasteiger partial charge is 0.385 e. The van der Waals surface area contributed by atoms with E-state index in [1.165, 1.54) is 0 Å². The Hall–Kier alpha value is -0.750. The van der Waals surface area contributed by atoms with Gasteiger partial charge in [-0.2, -0.15) is 5.10 Å². The maximum atomic E-state index is 6.17. The van der Waals surface area contributed by atoms with Crippen molar-refractivity contribution in [3.05, 3.63) is 33.8 Å². The van der Waals surface area contributed by atoms with E-state index in [1.54, 1.807) is 24.9 Å². The zero-order valence-electron chi connectivity index (χ0n) is 11.0. The van der Waals surface area contributed by atoms with Gasteiger partial charge >= 0.3 is 0 Å². The van der Waals surface area contributed by atoms with Gasteiger partial charge in [0.15, 0.2) is 5.17 Å². The number of ether oxygens (including phenoxy) is 1. The summed E-state index contributed by atoms with van der Waals surface area (Å²) in [5.41, 5.74) is 4.75. The molecule has 0 saturated carbocycles. The minimum absolute atomic E-state index is 0.610. The Labute approximate surface area is 132 Å². The number of aliphatic imine (C=N–C) groups is 1. The lowest BCUT2D eigenvalue weighted by atomic mass is 10.1. The molecule has 4 nitrogen and oxygen atoms in total. The van der Waals surface area contributed by atoms with Crippen LogP contribution in [-0.4, -0.2) is 36.9 Å². The Morgan fingerprint density at radius 2 is 2.30 bits per heavy atom. The molecule has 0 bridgehead atoms. The van der Waals surface area contributed by atoms with Crippen molar-refractivity contribution in [1.29, 1.82) is 0 Å². The molecule has 0 aliphatic carbocycles. The Morgan fingerprint density at radius 1 is 1.45 bits per heavy atom. The van der Waals surface area contributed by atoms with Crippen molar-refractivity contribution in [2.45, 2.75) is 6.42 Å². The first kappa shape index (κ1) is 15.6. The van der Waals surface area contributed by atoms with Crippen molar-refractivity contribution in [1.82, 2.24) is 5.43 Å². The number of nitrogens with one attached hydrogen (secondary N) is 1. The second-order valence-electron chi connectivity index (χ2n) is 4.12. The number of halogens is 2. The zero-order chi connectivity index (χ0) is 14.4. The second kappa shape index (κ2) is 7.88. The van der Waals surface area contributed by atoms with Crippen LogP contribution in [0.15, 0.2) is 28.3 Å². The molecule has 0 spiro atoms. The standard InChI is InChI=1S/C13H15Cl2N3OS/c1-19-6-2-5-16-13-18-17-12(8-20-13)10-4-3-9(14)7-11(10)15/h3-4,7H,2,5-6,8H2,1H3,(H,16,18). The van der Waals surface area contributed by atoms with Gasteiger partial charge in [0, 0.05) is 36.6 Å². The van der Waals surface area contributed by atoms with Crippen LogP contribution in [0.4, 0.5) is 0 Å². The Morgan fingerprint density at radius 3 is 2.95 bits per heavy atom. The van der Waals surface area contributed by atoms with E-state index in [0.29, 0.717) is 10.0 Å². The Bertz CT molecular complexity index is 534. The molecule has 1 aromatic rings. The average Bonchev–Trinajstić information content (AvgIpc) is 2.45. The molecule has 0 radical (unpaired) electrons. The molecule has 7 heteroatoms. The van der Waals surface area contributed by atoms with E-state index in [1.807, 2.05) is 12.1 Å². The van der Waals surface area contributed by atoms with Crippen LogP contribution >= 0.6 is 35.0 Å². The molecule has 1 heterocycles. The minimum Gasteiger partial charge on any atom is -0.385 e. The molecular formula is C13H15Cl2N3OS. The molecular weight excluding hydrogens is 317 g/mol. The summed E-state index contributed by atoms with van der Waals surface area (Å²) >= 11 is 13.7. The van der Waals surface area contributed by atoms with Gasteiger partial charge in [0.05, 0.1) is 10.7 Å². The van der Waals surface area contributed by atoms with Crippen LogP contribution in [0.5, 0.6) is 0 Å². The highest BCUT2D eigenvalue weighted by Crippen LogP contribution is 2.24. The van der Waals surface area contributed by atoms with E-state index in [0.717, 1.165) is 41.8 Å². The van der Waals surface area contributed by atoms with Crippen molar-refractivity contribution in [3.8, 4) is 0 Å². The van der Waals surface area contributed by atoms with E-state index in [9.17, 15) is 0 Å². The van der Waals surface area contributed by atoms with Gasteiger partial charge in [0.25, 0.3) is 0 Å². The number of rotatable bonds is 5. The van der Waals surface area contributed by atoms with Crippen LogP contribution in [0.1, 0.15) is 12.0 Å². The molecule has 1 aliphatic rings. The quantitative estimate of drug-likeness (QED) is 0.841. The summed E-state index contributed by atoms with van der Waals surface area (Å²) in [6.07, 6.45) is 0.905.